The molecule has 0 bridgehead atoms. The topological polar surface area (TPSA) is 20.2 Å². The largest absolute Gasteiger partial charge is 0.350 e. The molecule has 3 rings (SSSR count). The molecule has 1 saturated heterocycles. The molecule has 0 aliphatic carbocycles. The summed E-state index contributed by atoms with van der Waals surface area (Å²) in [5.74, 6) is 0. The van der Waals surface area contributed by atoms with Crippen molar-refractivity contribution in [3.8, 4) is 0 Å². The van der Waals surface area contributed by atoms with Gasteiger partial charge in [-0.25, -0.2) is 0 Å². The van der Waals surface area contributed by atoms with Crippen LogP contribution in [-0.2, 0) is 7.05 Å². The van der Waals surface area contributed by atoms with Crippen molar-refractivity contribution in [3.05, 3.63) is 42.1 Å². The lowest BCUT2D eigenvalue weighted by Gasteiger charge is -2.25. The Morgan fingerprint density at radius 2 is 2.00 bits per heavy atom. The van der Waals surface area contributed by atoms with Crippen LogP contribution in [0.15, 0.2) is 36.5 Å². The van der Waals surface area contributed by atoms with Crippen LogP contribution in [0.3, 0.4) is 0 Å². The molecular weight excluding hydrogens is 234 g/mol. The van der Waals surface area contributed by atoms with Crippen molar-refractivity contribution in [2.24, 2.45) is 7.05 Å². The number of nitrogens with one attached hydrogen (secondary N) is 1. The standard InChI is InChI=1S/C16H21N3/c1-18-13-14(15-6-2-3-7-16(15)18)5-4-10-19-11-8-17-9-12-19/h2-7,13,17H,8-12H2,1H3/b5-4+. The van der Waals surface area contributed by atoms with E-state index in [1.807, 2.05) is 0 Å². The molecule has 3 heteroatoms. The van der Waals surface area contributed by atoms with E-state index in [0.29, 0.717) is 0 Å². The van der Waals surface area contributed by atoms with Gasteiger partial charge in [0, 0.05) is 56.9 Å². The van der Waals surface area contributed by atoms with Gasteiger partial charge in [-0.2, -0.15) is 0 Å². The van der Waals surface area contributed by atoms with Gasteiger partial charge in [0.2, 0.25) is 0 Å². The number of hydrogen-bond acceptors (Lipinski definition) is 2. The third kappa shape index (κ3) is 2.72. The van der Waals surface area contributed by atoms with Gasteiger partial charge in [0.25, 0.3) is 0 Å². The Bertz CT molecular complexity index is 577. The van der Waals surface area contributed by atoms with Gasteiger partial charge in [0.1, 0.15) is 0 Å². The van der Waals surface area contributed by atoms with Gasteiger partial charge in [-0.1, -0.05) is 30.4 Å². The first kappa shape index (κ1) is 12.5. The summed E-state index contributed by atoms with van der Waals surface area (Å²) >= 11 is 0. The lowest BCUT2D eigenvalue weighted by Crippen LogP contribution is -2.43. The van der Waals surface area contributed by atoms with Crippen molar-refractivity contribution < 1.29 is 0 Å². The maximum absolute atomic E-state index is 3.38. The third-order valence-electron chi connectivity index (χ3n) is 3.80. The zero-order valence-corrected chi connectivity index (χ0v) is 11.5. The minimum Gasteiger partial charge on any atom is -0.350 e. The highest BCUT2D eigenvalue weighted by Gasteiger charge is 2.07. The normalized spacial score (nSPS) is 17.5. The van der Waals surface area contributed by atoms with Crippen LogP contribution in [0.1, 0.15) is 5.56 Å². The van der Waals surface area contributed by atoms with Gasteiger partial charge >= 0.3 is 0 Å². The first-order chi connectivity index (χ1) is 9.34. The molecule has 0 spiro atoms. The Morgan fingerprint density at radius 1 is 1.21 bits per heavy atom. The number of piperazine rings is 1. The minimum absolute atomic E-state index is 1.05. The zero-order valence-electron chi connectivity index (χ0n) is 11.5. The van der Waals surface area contributed by atoms with Gasteiger partial charge < -0.3 is 9.88 Å². The summed E-state index contributed by atoms with van der Waals surface area (Å²) in [7, 11) is 2.11. The molecule has 100 valence electrons. The molecular formula is C16H21N3. The maximum atomic E-state index is 3.38. The number of aryl methyl sites for hydroxylation is 1. The summed E-state index contributed by atoms with van der Waals surface area (Å²) < 4.78 is 2.19. The average molecular weight is 255 g/mol. The molecule has 2 aromatic rings. The van der Waals surface area contributed by atoms with Crippen molar-refractivity contribution in [1.29, 1.82) is 0 Å². The van der Waals surface area contributed by atoms with Crippen molar-refractivity contribution in [1.82, 2.24) is 14.8 Å². The van der Waals surface area contributed by atoms with Crippen molar-refractivity contribution >= 4 is 17.0 Å². The first-order valence-corrected chi connectivity index (χ1v) is 6.98. The van der Waals surface area contributed by atoms with E-state index in [1.165, 1.54) is 16.5 Å². The molecule has 1 aromatic heterocycles. The van der Waals surface area contributed by atoms with Gasteiger partial charge in [-0.05, 0) is 11.6 Å². The second-order valence-electron chi connectivity index (χ2n) is 5.17. The van der Waals surface area contributed by atoms with E-state index in [4.69, 9.17) is 0 Å². The molecule has 0 atom stereocenters. The van der Waals surface area contributed by atoms with Crippen LogP contribution in [-0.4, -0.2) is 42.2 Å². The highest BCUT2D eigenvalue weighted by Crippen LogP contribution is 2.21. The second kappa shape index (κ2) is 5.59. The quantitative estimate of drug-likeness (QED) is 0.906. The maximum Gasteiger partial charge on any atom is 0.0483 e. The number of fused-ring (bicyclic) bond motifs is 1. The van der Waals surface area contributed by atoms with Crippen LogP contribution in [0, 0.1) is 0 Å². The SMILES string of the molecule is Cn1cc(/C=C/CN2CCNCC2)c2ccccc21. The van der Waals surface area contributed by atoms with Crippen molar-refractivity contribution in [3.63, 3.8) is 0 Å². The number of aromatic nitrogens is 1. The number of hydrogen-bond donors (Lipinski definition) is 1. The molecule has 19 heavy (non-hydrogen) atoms. The minimum atomic E-state index is 1.05. The average Bonchev–Trinajstić information content (AvgIpc) is 2.78. The number of para-hydroxylation sites is 1. The molecule has 3 nitrogen and oxygen atoms in total. The fourth-order valence-electron chi connectivity index (χ4n) is 2.73. The molecule has 0 saturated carbocycles. The predicted octanol–water partition coefficient (Wildman–Crippen LogP) is 2.10. The lowest BCUT2D eigenvalue weighted by atomic mass is 10.1. The lowest BCUT2D eigenvalue weighted by molar-refractivity contribution is 0.265. The van der Waals surface area contributed by atoms with Crippen LogP contribution < -0.4 is 5.32 Å². The van der Waals surface area contributed by atoms with E-state index in [2.05, 4.69) is 64.4 Å². The van der Waals surface area contributed by atoms with Gasteiger partial charge in [0.15, 0.2) is 0 Å². The Hall–Kier alpha value is -1.58. The summed E-state index contributed by atoms with van der Waals surface area (Å²) in [4.78, 5) is 2.48. The Kier molecular flexibility index (Phi) is 3.67. The van der Waals surface area contributed by atoms with E-state index in [-0.39, 0.29) is 0 Å². The summed E-state index contributed by atoms with van der Waals surface area (Å²) in [6.07, 6.45) is 6.75. The molecule has 2 heterocycles. The molecule has 1 fully saturated rings. The number of rotatable bonds is 3. The van der Waals surface area contributed by atoms with E-state index < -0.39 is 0 Å². The van der Waals surface area contributed by atoms with E-state index in [1.54, 1.807) is 0 Å². The summed E-state index contributed by atoms with van der Waals surface area (Å²) in [5.41, 5.74) is 2.61. The van der Waals surface area contributed by atoms with E-state index in [0.717, 1.165) is 32.7 Å². The molecule has 0 amide bonds. The Morgan fingerprint density at radius 3 is 2.84 bits per heavy atom. The second-order valence-corrected chi connectivity index (χ2v) is 5.17. The molecule has 1 aliphatic heterocycles. The van der Waals surface area contributed by atoms with Crippen molar-refractivity contribution in [2.45, 2.75) is 0 Å². The fraction of sp³-hybridized carbons (Fsp3) is 0.375. The Balaban J connectivity index is 1.74. The van der Waals surface area contributed by atoms with E-state index in [9.17, 15) is 0 Å². The summed E-state index contributed by atoms with van der Waals surface area (Å²) in [6, 6.07) is 8.56. The van der Waals surface area contributed by atoms with Crippen LogP contribution in [0.4, 0.5) is 0 Å². The van der Waals surface area contributed by atoms with Crippen LogP contribution in [0.25, 0.3) is 17.0 Å². The number of benzene rings is 1. The van der Waals surface area contributed by atoms with Gasteiger partial charge in [0.05, 0.1) is 0 Å². The first-order valence-electron chi connectivity index (χ1n) is 6.98. The molecule has 1 aliphatic rings. The van der Waals surface area contributed by atoms with E-state index >= 15 is 0 Å². The fourth-order valence-corrected chi connectivity index (χ4v) is 2.73. The highest BCUT2D eigenvalue weighted by atomic mass is 15.2. The molecule has 0 radical (unpaired) electrons. The predicted molar refractivity (Wildman–Crippen MR) is 81.3 cm³/mol. The van der Waals surface area contributed by atoms with Gasteiger partial charge in [-0.15, -0.1) is 0 Å². The van der Waals surface area contributed by atoms with Crippen LogP contribution in [0.5, 0.6) is 0 Å². The number of nitrogens with zero attached hydrogens (tertiary/aromatic N) is 2. The Labute approximate surface area is 114 Å². The van der Waals surface area contributed by atoms with Crippen LogP contribution >= 0.6 is 0 Å². The molecule has 1 N–H and O–H groups in total. The molecule has 0 unspecified atom stereocenters. The molecule has 1 aromatic carbocycles. The van der Waals surface area contributed by atoms with Crippen molar-refractivity contribution in [2.75, 3.05) is 32.7 Å². The highest BCUT2D eigenvalue weighted by molar-refractivity contribution is 5.89. The zero-order chi connectivity index (χ0) is 13.1. The van der Waals surface area contributed by atoms with Crippen LogP contribution in [0.2, 0.25) is 0 Å². The summed E-state index contributed by atoms with van der Waals surface area (Å²) in [6.45, 7) is 5.58. The third-order valence-corrected chi connectivity index (χ3v) is 3.80. The monoisotopic (exact) mass is 255 g/mol. The summed E-state index contributed by atoms with van der Waals surface area (Å²) in [5, 5.41) is 4.72. The smallest absolute Gasteiger partial charge is 0.0483 e. The van der Waals surface area contributed by atoms with Gasteiger partial charge in [-0.3, -0.25) is 4.90 Å².